The number of nitrogens with one attached hydrogen (secondary N) is 1. The summed E-state index contributed by atoms with van der Waals surface area (Å²) in [4.78, 5) is 24.5. The molecule has 0 atom stereocenters. The molecule has 0 bridgehead atoms. The molecule has 0 spiro atoms. The summed E-state index contributed by atoms with van der Waals surface area (Å²) in [6.45, 7) is 0.362. The Bertz CT molecular complexity index is 1040. The highest BCUT2D eigenvalue weighted by atomic mass is 79.9. The maximum absolute atomic E-state index is 12.2. The first-order chi connectivity index (χ1) is 12.9. The van der Waals surface area contributed by atoms with Crippen molar-refractivity contribution in [1.82, 2.24) is 9.99 Å². The second-order valence-electron chi connectivity index (χ2n) is 5.44. The van der Waals surface area contributed by atoms with Gasteiger partial charge in [-0.2, -0.15) is 5.10 Å². The predicted octanol–water partition coefficient (Wildman–Crippen LogP) is 4.90. The molecule has 27 heavy (non-hydrogen) atoms. The zero-order chi connectivity index (χ0) is 19.4. The number of aromatic nitrogens is 1. The van der Waals surface area contributed by atoms with Crippen LogP contribution >= 0.6 is 54.8 Å². The number of halogens is 3. The summed E-state index contributed by atoms with van der Waals surface area (Å²) in [7, 11) is 0. The summed E-state index contributed by atoms with van der Waals surface area (Å²) in [5.41, 5.74) is 3.85. The van der Waals surface area contributed by atoms with Gasteiger partial charge in [0.2, 0.25) is 0 Å². The Hall–Kier alpha value is -1.74. The molecule has 3 rings (SSSR count). The highest BCUT2D eigenvalue weighted by Gasteiger charge is 2.12. The monoisotopic (exact) mass is 527 g/mol. The minimum Gasteiger partial charge on any atom is -0.284 e. The number of rotatable bonds is 5. The second kappa shape index (κ2) is 8.97. The van der Waals surface area contributed by atoms with E-state index in [9.17, 15) is 9.59 Å². The van der Waals surface area contributed by atoms with E-state index in [1.807, 2.05) is 24.3 Å². The van der Waals surface area contributed by atoms with E-state index in [-0.39, 0.29) is 15.9 Å². The molecular weight excluding hydrogens is 518 g/mol. The van der Waals surface area contributed by atoms with Gasteiger partial charge in [0.1, 0.15) is 5.15 Å². The Kier molecular flexibility index (Phi) is 6.64. The van der Waals surface area contributed by atoms with Gasteiger partial charge in [0.15, 0.2) is 0 Å². The van der Waals surface area contributed by atoms with E-state index in [2.05, 4.69) is 42.4 Å². The van der Waals surface area contributed by atoms with E-state index in [1.165, 1.54) is 10.8 Å². The van der Waals surface area contributed by atoms with E-state index in [4.69, 9.17) is 11.6 Å². The molecule has 9 heteroatoms. The third kappa shape index (κ3) is 5.16. The zero-order valence-corrected chi connectivity index (χ0v) is 18.4. The molecule has 0 radical (unpaired) electrons. The van der Waals surface area contributed by atoms with Crippen LogP contribution in [0.15, 0.2) is 67.4 Å². The lowest BCUT2D eigenvalue weighted by atomic mass is 10.2. The molecule has 1 N–H and O–H groups in total. The third-order valence-corrected chi connectivity index (χ3v) is 6.06. The number of benzene rings is 2. The first-order valence-corrected chi connectivity index (χ1v) is 10.4. The molecule has 0 aliphatic heterocycles. The van der Waals surface area contributed by atoms with Gasteiger partial charge in [-0.3, -0.25) is 14.2 Å². The van der Waals surface area contributed by atoms with Gasteiger partial charge in [0.25, 0.3) is 5.91 Å². The first kappa shape index (κ1) is 20.0. The van der Waals surface area contributed by atoms with Crippen LogP contribution in [0.1, 0.15) is 20.8 Å². The van der Waals surface area contributed by atoms with E-state index in [0.29, 0.717) is 17.0 Å². The average molecular weight is 530 g/mol. The van der Waals surface area contributed by atoms with Crippen molar-refractivity contribution in [3.8, 4) is 0 Å². The Labute approximate surface area is 180 Å². The summed E-state index contributed by atoms with van der Waals surface area (Å²) < 4.78 is 3.31. The molecule has 2 aromatic carbocycles. The van der Waals surface area contributed by atoms with Crippen molar-refractivity contribution in [2.24, 2.45) is 5.10 Å². The highest BCUT2D eigenvalue weighted by molar-refractivity contribution is 9.10. The molecule has 3 aromatic rings. The number of hydrogen-bond acceptors (Lipinski definition) is 4. The number of amides is 1. The van der Waals surface area contributed by atoms with Crippen LogP contribution in [0.3, 0.4) is 0 Å². The largest absolute Gasteiger partial charge is 0.309 e. The van der Waals surface area contributed by atoms with Gasteiger partial charge >= 0.3 is 4.87 Å². The smallest absolute Gasteiger partial charge is 0.284 e. The molecule has 0 saturated carbocycles. The zero-order valence-electron chi connectivity index (χ0n) is 13.7. The standard InChI is InChI=1S/C18H12Br2ClN3O2S/c19-13-5-1-11(2-6-13)10-24-16(21)15(27-18(24)26)9-22-23-17(25)12-3-7-14(20)8-4-12/h1-9H,10H2,(H,23,25)/b22-9+. The fraction of sp³-hybridized carbons (Fsp3) is 0.0556. The van der Waals surface area contributed by atoms with Gasteiger partial charge in [-0.25, -0.2) is 5.43 Å². The minimum absolute atomic E-state index is 0.191. The highest BCUT2D eigenvalue weighted by Crippen LogP contribution is 2.19. The summed E-state index contributed by atoms with van der Waals surface area (Å²) in [5.74, 6) is -0.350. The number of carbonyl (C=O) groups is 1. The predicted molar refractivity (Wildman–Crippen MR) is 116 cm³/mol. The normalized spacial score (nSPS) is 11.1. The van der Waals surface area contributed by atoms with Crippen molar-refractivity contribution in [2.45, 2.75) is 6.54 Å². The molecule has 0 fully saturated rings. The summed E-state index contributed by atoms with van der Waals surface area (Å²) in [6.07, 6.45) is 1.38. The molecule has 0 aliphatic carbocycles. The van der Waals surface area contributed by atoms with Gasteiger partial charge < -0.3 is 0 Å². The maximum atomic E-state index is 12.2. The van der Waals surface area contributed by atoms with Crippen LogP contribution in [0.2, 0.25) is 5.15 Å². The fourth-order valence-corrected chi connectivity index (χ4v) is 3.84. The lowest BCUT2D eigenvalue weighted by Crippen LogP contribution is -2.17. The number of nitrogens with zero attached hydrogens (tertiary/aromatic N) is 2. The quantitative estimate of drug-likeness (QED) is 0.378. The Morgan fingerprint density at radius 3 is 2.33 bits per heavy atom. The summed E-state index contributed by atoms with van der Waals surface area (Å²) >= 11 is 14.0. The van der Waals surface area contributed by atoms with Gasteiger partial charge in [-0.05, 0) is 42.0 Å². The van der Waals surface area contributed by atoms with Gasteiger partial charge in [-0.1, -0.05) is 66.9 Å². The molecule has 5 nitrogen and oxygen atoms in total. The van der Waals surface area contributed by atoms with Gasteiger partial charge in [0, 0.05) is 14.5 Å². The Balaban J connectivity index is 1.71. The molecule has 1 heterocycles. The van der Waals surface area contributed by atoms with Crippen molar-refractivity contribution in [3.63, 3.8) is 0 Å². The molecular formula is C18H12Br2ClN3O2S. The lowest BCUT2D eigenvalue weighted by Gasteiger charge is -2.04. The van der Waals surface area contributed by atoms with Crippen LogP contribution in [0.4, 0.5) is 0 Å². The van der Waals surface area contributed by atoms with E-state index >= 15 is 0 Å². The summed E-state index contributed by atoms with van der Waals surface area (Å²) in [6, 6.07) is 14.5. The van der Waals surface area contributed by atoms with Crippen LogP contribution in [-0.2, 0) is 6.54 Å². The Morgan fingerprint density at radius 1 is 1.11 bits per heavy atom. The third-order valence-electron chi connectivity index (χ3n) is 3.57. The van der Waals surface area contributed by atoms with E-state index in [1.54, 1.807) is 24.3 Å². The molecule has 138 valence electrons. The van der Waals surface area contributed by atoms with Crippen molar-refractivity contribution in [2.75, 3.05) is 0 Å². The SMILES string of the molecule is O=C(N/N=C/c1sc(=O)n(Cc2ccc(Br)cc2)c1Cl)c1ccc(Br)cc1. The molecule has 0 saturated heterocycles. The maximum Gasteiger partial charge on any atom is 0.309 e. The van der Waals surface area contributed by atoms with Gasteiger partial charge in [0.05, 0.1) is 17.6 Å². The van der Waals surface area contributed by atoms with Crippen molar-refractivity contribution < 1.29 is 4.79 Å². The van der Waals surface area contributed by atoms with Gasteiger partial charge in [-0.15, -0.1) is 0 Å². The number of thiazole rings is 1. The van der Waals surface area contributed by atoms with Crippen LogP contribution in [0.25, 0.3) is 0 Å². The number of hydrogen-bond donors (Lipinski definition) is 1. The lowest BCUT2D eigenvalue weighted by molar-refractivity contribution is 0.0955. The molecule has 1 aromatic heterocycles. The van der Waals surface area contributed by atoms with Crippen LogP contribution in [0.5, 0.6) is 0 Å². The van der Waals surface area contributed by atoms with E-state index < -0.39 is 0 Å². The van der Waals surface area contributed by atoms with Crippen LogP contribution < -0.4 is 10.3 Å². The average Bonchev–Trinajstić information content (AvgIpc) is 2.91. The van der Waals surface area contributed by atoms with Crippen molar-refractivity contribution in [3.05, 3.63) is 88.3 Å². The fourth-order valence-electron chi connectivity index (χ4n) is 2.21. The second-order valence-corrected chi connectivity index (χ2v) is 8.62. The van der Waals surface area contributed by atoms with E-state index in [0.717, 1.165) is 25.8 Å². The summed E-state index contributed by atoms with van der Waals surface area (Å²) in [5, 5.41) is 4.19. The molecule has 1 amide bonds. The van der Waals surface area contributed by atoms with Crippen molar-refractivity contribution >= 4 is 66.9 Å². The first-order valence-electron chi connectivity index (χ1n) is 7.66. The topological polar surface area (TPSA) is 63.5 Å². The van der Waals surface area contributed by atoms with Crippen LogP contribution in [-0.4, -0.2) is 16.7 Å². The number of hydrazone groups is 1. The minimum atomic E-state index is -0.350. The van der Waals surface area contributed by atoms with Crippen LogP contribution in [0, 0.1) is 0 Å². The van der Waals surface area contributed by atoms with Crippen molar-refractivity contribution in [1.29, 1.82) is 0 Å². The molecule has 0 aliphatic rings. The molecule has 0 unspecified atom stereocenters. The Morgan fingerprint density at radius 2 is 1.70 bits per heavy atom. The number of carbonyl (C=O) groups excluding carboxylic acids is 1.